The maximum Gasteiger partial charge on any atom is 0.242 e. The highest BCUT2D eigenvalue weighted by atomic mass is 16.2. The molecule has 0 aromatic heterocycles. The molecule has 2 atom stereocenters. The maximum absolute atomic E-state index is 11.4. The smallest absolute Gasteiger partial charge is 0.242 e. The predicted octanol–water partition coefficient (Wildman–Crippen LogP) is 0.120. The molecule has 2 aliphatic rings. The maximum atomic E-state index is 11.4. The van der Waals surface area contributed by atoms with E-state index in [0.29, 0.717) is 12.8 Å². The highest BCUT2D eigenvalue weighted by Gasteiger charge is 2.38. The van der Waals surface area contributed by atoms with Crippen molar-refractivity contribution in [2.24, 2.45) is 11.8 Å². The molecule has 2 rings (SSSR count). The van der Waals surface area contributed by atoms with Crippen LogP contribution in [0.2, 0.25) is 0 Å². The fourth-order valence-electron chi connectivity index (χ4n) is 1.94. The van der Waals surface area contributed by atoms with Gasteiger partial charge in [-0.1, -0.05) is 11.6 Å². The largest absolute Gasteiger partial charge is 0.273 e. The van der Waals surface area contributed by atoms with Gasteiger partial charge in [0.1, 0.15) is 0 Å². The monoisotopic (exact) mass is 180 g/mol. The lowest BCUT2D eigenvalue weighted by molar-refractivity contribution is -0.143. The molecule has 0 saturated carbocycles. The molecule has 1 fully saturated rings. The zero-order valence-electron chi connectivity index (χ0n) is 7.46. The molecule has 1 saturated heterocycles. The van der Waals surface area contributed by atoms with E-state index in [1.54, 1.807) is 0 Å². The zero-order valence-corrected chi connectivity index (χ0v) is 7.46. The van der Waals surface area contributed by atoms with Crippen molar-refractivity contribution in [3.05, 3.63) is 11.6 Å². The molecule has 0 unspecified atom stereocenters. The first kappa shape index (κ1) is 8.29. The summed E-state index contributed by atoms with van der Waals surface area (Å²) in [5.41, 5.74) is 5.96. The van der Waals surface area contributed by atoms with Crippen molar-refractivity contribution in [1.82, 2.24) is 10.9 Å². The van der Waals surface area contributed by atoms with Gasteiger partial charge in [-0.3, -0.25) is 20.4 Å². The Morgan fingerprint density at radius 3 is 2.54 bits per heavy atom. The first-order valence-electron chi connectivity index (χ1n) is 4.44. The van der Waals surface area contributed by atoms with Gasteiger partial charge in [0.25, 0.3) is 0 Å². The predicted molar refractivity (Wildman–Crippen MR) is 46.3 cm³/mol. The summed E-state index contributed by atoms with van der Waals surface area (Å²) in [5.74, 6) is -0.429. The quantitative estimate of drug-likeness (QED) is 0.520. The molecule has 0 aromatic carbocycles. The second kappa shape index (κ2) is 2.87. The van der Waals surface area contributed by atoms with Crippen LogP contribution in [0, 0.1) is 11.8 Å². The Morgan fingerprint density at radius 1 is 1.23 bits per heavy atom. The molecule has 70 valence electrons. The summed E-state index contributed by atoms with van der Waals surface area (Å²) < 4.78 is 0. The topological polar surface area (TPSA) is 58.2 Å². The summed E-state index contributed by atoms with van der Waals surface area (Å²) in [5, 5.41) is 0. The molecule has 1 aliphatic carbocycles. The van der Waals surface area contributed by atoms with Gasteiger partial charge in [-0.2, -0.15) is 0 Å². The van der Waals surface area contributed by atoms with Crippen LogP contribution in [0.5, 0.6) is 0 Å². The second-order valence-corrected chi connectivity index (χ2v) is 3.68. The van der Waals surface area contributed by atoms with Gasteiger partial charge in [0.15, 0.2) is 0 Å². The summed E-state index contributed by atoms with van der Waals surface area (Å²) in [4.78, 5) is 22.7. The van der Waals surface area contributed by atoms with Crippen LogP contribution in [0.4, 0.5) is 0 Å². The summed E-state index contributed by atoms with van der Waals surface area (Å²) in [6, 6.07) is 0. The van der Waals surface area contributed by atoms with Crippen molar-refractivity contribution in [2.45, 2.75) is 19.8 Å². The van der Waals surface area contributed by atoms with Crippen molar-refractivity contribution >= 4 is 11.8 Å². The number of hydrogen-bond donors (Lipinski definition) is 2. The molecule has 2 amide bonds. The van der Waals surface area contributed by atoms with E-state index in [9.17, 15) is 9.59 Å². The highest BCUT2D eigenvalue weighted by Crippen LogP contribution is 2.31. The number of hydrazine groups is 1. The number of fused-ring (bicyclic) bond motifs is 1. The lowest BCUT2D eigenvalue weighted by atomic mass is 9.78. The number of nitrogens with one attached hydrogen (secondary N) is 2. The van der Waals surface area contributed by atoms with Crippen LogP contribution in [0.3, 0.4) is 0 Å². The SMILES string of the molecule is CC1=CC[C@@H]2C(=O)NNC(=O)[C@H]2C1. The van der Waals surface area contributed by atoms with Gasteiger partial charge in [-0.25, -0.2) is 0 Å². The Hall–Kier alpha value is -1.32. The van der Waals surface area contributed by atoms with Gasteiger partial charge >= 0.3 is 0 Å². The van der Waals surface area contributed by atoms with Gasteiger partial charge in [0, 0.05) is 0 Å². The molecule has 4 heteroatoms. The lowest BCUT2D eigenvalue weighted by Crippen LogP contribution is -2.56. The first-order valence-corrected chi connectivity index (χ1v) is 4.44. The van der Waals surface area contributed by atoms with E-state index in [1.807, 2.05) is 13.0 Å². The molecule has 0 radical (unpaired) electrons. The van der Waals surface area contributed by atoms with Gasteiger partial charge in [0.2, 0.25) is 11.8 Å². The third-order valence-electron chi connectivity index (χ3n) is 2.73. The number of rotatable bonds is 0. The van der Waals surface area contributed by atoms with E-state index >= 15 is 0 Å². The van der Waals surface area contributed by atoms with Gasteiger partial charge in [0.05, 0.1) is 11.8 Å². The number of carbonyl (C=O) groups is 2. The molecule has 0 spiro atoms. The molecule has 1 heterocycles. The van der Waals surface area contributed by atoms with E-state index in [1.165, 1.54) is 5.57 Å². The van der Waals surface area contributed by atoms with Crippen molar-refractivity contribution in [2.75, 3.05) is 0 Å². The summed E-state index contributed by atoms with van der Waals surface area (Å²) in [6.45, 7) is 2.00. The third kappa shape index (κ3) is 1.32. The minimum Gasteiger partial charge on any atom is -0.273 e. The molecule has 0 bridgehead atoms. The second-order valence-electron chi connectivity index (χ2n) is 3.68. The van der Waals surface area contributed by atoms with Crippen molar-refractivity contribution in [3.8, 4) is 0 Å². The van der Waals surface area contributed by atoms with E-state index in [0.717, 1.165) is 0 Å². The summed E-state index contributed by atoms with van der Waals surface area (Å²) in [6.07, 6.45) is 3.44. The van der Waals surface area contributed by atoms with Gasteiger partial charge in [-0.05, 0) is 19.8 Å². The minimum absolute atomic E-state index is 0.0583. The van der Waals surface area contributed by atoms with Gasteiger partial charge in [-0.15, -0.1) is 0 Å². The number of allylic oxidation sites excluding steroid dienone is 2. The lowest BCUT2D eigenvalue weighted by Gasteiger charge is -2.32. The van der Waals surface area contributed by atoms with Crippen LogP contribution in [0.15, 0.2) is 11.6 Å². The van der Waals surface area contributed by atoms with Crippen LogP contribution < -0.4 is 10.9 Å². The van der Waals surface area contributed by atoms with Crippen molar-refractivity contribution < 1.29 is 9.59 Å². The molecule has 13 heavy (non-hydrogen) atoms. The minimum atomic E-state index is -0.155. The Bertz CT molecular complexity index is 296. The number of hydrogen-bond acceptors (Lipinski definition) is 2. The highest BCUT2D eigenvalue weighted by molar-refractivity contribution is 5.93. The first-order chi connectivity index (χ1) is 6.18. The van der Waals surface area contributed by atoms with Crippen LogP contribution in [0.1, 0.15) is 19.8 Å². The standard InChI is InChI=1S/C9H12N2O2/c1-5-2-3-6-7(4-5)9(13)11-10-8(6)12/h2,6-7H,3-4H2,1H3,(H,10,12)(H,11,13)/t6-,7-/m0/s1. The third-order valence-corrected chi connectivity index (χ3v) is 2.73. The van der Waals surface area contributed by atoms with E-state index in [-0.39, 0.29) is 23.7 Å². The normalized spacial score (nSPS) is 32.8. The molecular weight excluding hydrogens is 168 g/mol. The summed E-state index contributed by atoms with van der Waals surface area (Å²) >= 11 is 0. The van der Waals surface area contributed by atoms with Gasteiger partial charge < -0.3 is 0 Å². The van der Waals surface area contributed by atoms with E-state index < -0.39 is 0 Å². The van der Waals surface area contributed by atoms with Crippen LogP contribution in [0.25, 0.3) is 0 Å². The average Bonchev–Trinajstić information content (AvgIpc) is 2.12. The number of amides is 2. The zero-order chi connectivity index (χ0) is 9.42. The Morgan fingerprint density at radius 2 is 1.85 bits per heavy atom. The average molecular weight is 180 g/mol. The molecular formula is C9H12N2O2. The Kier molecular flexibility index (Phi) is 1.83. The van der Waals surface area contributed by atoms with Crippen molar-refractivity contribution in [1.29, 1.82) is 0 Å². The van der Waals surface area contributed by atoms with Crippen LogP contribution >= 0.6 is 0 Å². The van der Waals surface area contributed by atoms with Crippen molar-refractivity contribution in [3.63, 3.8) is 0 Å². The molecule has 1 aliphatic heterocycles. The number of carbonyl (C=O) groups excluding carboxylic acids is 2. The van der Waals surface area contributed by atoms with Crippen LogP contribution in [-0.2, 0) is 9.59 Å². The fourth-order valence-corrected chi connectivity index (χ4v) is 1.94. The van der Waals surface area contributed by atoms with Crippen LogP contribution in [-0.4, -0.2) is 11.8 Å². The molecule has 0 aromatic rings. The Labute approximate surface area is 76.4 Å². The van der Waals surface area contributed by atoms with E-state index in [4.69, 9.17) is 0 Å². The van der Waals surface area contributed by atoms with E-state index in [2.05, 4.69) is 10.9 Å². The Balaban J connectivity index is 2.24. The summed E-state index contributed by atoms with van der Waals surface area (Å²) in [7, 11) is 0. The molecule has 4 nitrogen and oxygen atoms in total. The fraction of sp³-hybridized carbons (Fsp3) is 0.556. The molecule has 2 N–H and O–H groups in total.